The van der Waals surface area contributed by atoms with E-state index in [0.717, 1.165) is 6.54 Å². The van der Waals surface area contributed by atoms with E-state index in [0.29, 0.717) is 11.5 Å². The Morgan fingerprint density at radius 1 is 1.32 bits per heavy atom. The number of nitrogens with one attached hydrogen (secondary N) is 2. The van der Waals surface area contributed by atoms with Crippen LogP contribution >= 0.6 is 0 Å². The van der Waals surface area contributed by atoms with E-state index in [9.17, 15) is 0 Å². The minimum Gasteiger partial charge on any atom is -0.358 e. The highest BCUT2D eigenvalue weighted by Crippen LogP contribution is 2.50. The van der Waals surface area contributed by atoms with E-state index >= 15 is 0 Å². The number of aromatic nitrogens is 1. The van der Waals surface area contributed by atoms with E-state index in [1.54, 1.807) is 0 Å². The molecular weight excluding hydrogens is 232 g/mol. The first-order valence-electron chi connectivity index (χ1n) is 7.34. The van der Waals surface area contributed by atoms with Crippen LogP contribution < -0.4 is 5.32 Å². The first-order chi connectivity index (χ1) is 9.34. The highest BCUT2D eigenvalue weighted by atomic mass is 15.0. The zero-order chi connectivity index (χ0) is 12.9. The molecule has 0 spiro atoms. The van der Waals surface area contributed by atoms with Crippen LogP contribution in [0.3, 0.4) is 0 Å². The fraction of sp³-hybridized carbons (Fsp3) is 0.412. The molecule has 2 heterocycles. The molecule has 98 valence electrons. The molecule has 1 aromatic carbocycles. The molecule has 0 radical (unpaired) electrons. The summed E-state index contributed by atoms with van der Waals surface area (Å²) in [5.74, 6) is 0. The van der Waals surface area contributed by atoms with Crippen molar-refractivity contribution in [2.75, 3.05) is 6.54 Å². The summed E-state index contributed by atoms with van der Waals surface area (Å²) in [6, 6.07) is 9.20. The number of hydrogen-bond donors (Lipinski definition) is 2. The molecule has 4 rings (SSSR count). The monoisotopic (exact) mass is 252 g/mol. The molecule has 1 aliphatic heterocycles. The van der Waals surface area contributed by atoms with Crippen LogP contribution in [-0.2, 0) is 6.42 Å². The molecule has 0 saturated heterocycles. The molecule has 2 heteroatoms. The van der Waals surface area contributed by atoms with E-state index in [-0.39, 0.29) is 0 Å². The first-order valence-corrected chi connectivity index (χ1v) is 7.34. The van der Waals surface area contributed by atoms with Crippen molar-refractivity contribution in [3.05, 3.63) is 47.7 Å². The van der Waals surface area contributed by atoms with Gasteiger partial charge in [0.1, 0.15) is 0 Å². The fourth-order valence-corrected chi connectivity index (χ4v) is 4.00. The summed E-state index contributed by atoms with van der Waals surface area (Å²) >= 11 is 0. The first kappa shape index (κ1) is 11.3. The van der Waals surface area contributed by atoms with Crippen molar-refractivity contribution in [3.8, 4) is 0 Å². The number of hydrogen-bond acceptors (Lipinski definition) is 1. The minimum atomic E-state index is 0.316. The Labute approximate surface area is 113 Å². The average Bonchev–Trinajstić information content (AvgIpc) is 2.85. The van der Waals surface area contributed by atoms with Gasteiger partial charge in [0, 0.05) is 34.6 Å². The number of fused-ring (bicyclic) bond motifs is 5. The van der Waals surface area contributed by atoms with E-state index in [1.807, 2.05) is 0 Å². The molecular formula is C17H20N2. The third-order valence-electron chi connectivity index (χ3n) is 5.08. The lowest BCUT2D eigenvalue weighted by Crippen LogP contribution is -2.43. The predicted molar refractivity (Wildman–Crippen MR) is 79.2 cm³/mol. The van der Waals surface area contributed by atoms with Crippen molar-refractivity contribution < 1.29 is 0 Å². The Kier molecular flexibility index (Phi) is 2.36. The molecule has 0 saturated carbocycles. The highest BCUT2D eigenvalue weighted by molar-refractivity contribution is 5.85. The zero-order valence-electron chi connectivity index (χ0n) is 11.4. The molecule has 2 atom stereocenters. The summed E-state index contributed by atoms with van der Waals surface area (Å²) in [7, 11) is 0. The number of aryl methyl sites for hydroxylation is 1. The summed E-state index contributed by atoms with van der Waals surface area (Å²) in [4.78, 5) is 3.63. The number of para-hydroxylation sites is 1. The molecule has 2 nitrogen and oxygen atoms in total. The molecule has 1 aliphatic carbocycles. The van der Waals surface area contributed by atoms with Gasteiger partial charge in [0.25, 0.3) is 0 Å². The maximum atomic E-state index is 3.74. The molecule has 0 fully saturated rings. The topological polar surface area (TPSA) is 27.8 Å². The molecule has 19 heavy (non-hydrogen) atoms. The second-order valence-corrected chi connectivity index (χ2v) is 5.89. The molecule has 2 N–H and O–H groups in total. The summed E-state index contributed by atoms with van der Waals surface area (Å²) in [5, 5.41) is 5.15. The van der Waals surface area contributed by atoms with Gasteiger partial charge in [-0.2, -0.15) is 0 Å². The van der Waals surface area contributed by atoms with Gasteiger partial charge in [-0.25, -0.2) is 0 Å². The van der Waals surface area contributed by atoms with Crippen LogP contribution in [0.4, 0.5) is 0 Å². The molecule has 1 aromatic heterocycles. The van der Waals surface area contributed by atoms with Gasteiger partial charge in [0.2, 0.25) is 0 Å². The average molecular weight is 252 g/mol. The number of rotatable bonds is 1. The van der Waals surface area contributed by atoms with Crippen LogP contribution in [0, 0.1) is 5.41 Å². The Hall–Kier alpha value is -1.54. The molecule has 0 unspecified atom stereocenters. The van der Waals surface area contributed by atoms with Gasteiger partial charge in [0.15, 0.2) is 0 Å². The normalized spacial score (nSPS) is 29.2. The van der Waals surface area contributed by atoms with E-state index in [1.165, 1.54) is 41.4 Å². The van der Waals surface area contributed by atoms with Crippen LogP contribution in [0.1, 0.15) is 37.1 Å². The molecule has 0 amide bonds. The van der Waals surface area contributed by atoms with Crippen molar-refractivity contribution >= 4 is 10.9 Å². The second-order valence-electron chi connectivity index (χ2n) is 5.89. The van der Waals surface area contributed by atoms with E-state index in [2.05, 4.69) is 53.6 Å². The van der Waals surface area contributed by atoms with E-state index < -0.39 is 0 Å². The van der Waals surface area contributed by atoms with Crippen molar-refractivity contribution in [2.24, 2.45) is 5.41 Å². The third kappa shape index (κ3) is 1.47. The lowest BCUT2D eigenvalue weighted by atomic mass is 9.66. The highest BCUT2D eigenvalue weighted by Gasteiger charge is 2.42. The maximum absolute atomic E-state index is 3.74. The second kappa shape index (κ2) is 3.97. The van der Waals surface area contributed by atoms with Crippen LogP contribution in [0.5, 0.6) is 0 Å². The third-order valence-corrected chi connectivity index (χ3v) is 5.08. The van der Waals surface area contributed by atoms with Crippen LogP contribution in [0.15, 0.2) is 36.4 Å². The summed E-state index contributed by atoms with van der Waals surface area (Å²) in [5.41, 5.74) is 4.57. The van der Waals surface area contributed by atoms with E-state index in [4.69, 9.17) is 0 Å². The number of H-pyrrole nitrogens is 1. The number of benzene rings is 1. The quantitative estimate of drug-likeness (QED) is 0.744. The van der Waals surface area contributed by atoms with Gasteiger partial charge in [0.05, 0.1) is 0 Å². The van der Waals surface area contributed by atoms with Crippen LogP contribution in [0.2, 0.25) is 0 Å². The van der Waals surface area contributed by atoms with Gasteiger partial charge in [-0.3, -0.25) is 0 Å². The Morgan fingerprint density at radius 2 is 2.21 bits per heavy atom. The van der Waals surface area contributed by atoms with Gasteiger partial charge in [-0.15, -0.1) is 0 Å². The molecule has 2 aromatic rings. The Balaban J connectivity index is 1.97. The van der Waals surface area contributed by atoms with Crippen molar-refractivity contribution in [1.82, 2.24) is 10.3 Å². The Bertz CT molecular complexity index is 652. The summed E-state index contributed by atoms with van der Waals surface area (Å²) < 4.78 is 0. The van der Waals surface area contributed by atoms with Crippen LogP contribution in [0.25, 0.3) is 10.9 Å². The van der Waals surface area contributed by atoms with Gasteiger partial charge < -0.3 is 10.3 Å². The maximum Gasteiger partial charge on any atom is 0.0459 e. The minimum absolute atomic E-state index is 0.316. The Morgan fingerprint density at radius 3 is 3.11 bits per heavy atom. The number of aromatic amines is 1. The van der Waals surface area contributed by atoms with Crippen LogP contribution in [-0.4, -0.2) is 11.5 Å². The van der Waals surface area contributed by atoms with Gasteiger partial charge in [-0.05, 0) is 30.9 Å². The lowest BCUT2D eigenvalue weighted by molar-refractivity contribution is 0.209. The smallest absolute Gasteiger partial charge is 0.0459 e. The SMILES string of the molecule is CC[C@]12C=CCN[C@H]1c1c([nH]c3ccccc13)CC2. The molecule has 2 aliphatic rings. The predicted octanol–water partition coefficient (Wildman–Crippen LogP) is 3.71. The zero-order valence-corrected chi connectivity index (χ0v) is 11.4. The lowest BCUT2D eigenvalue weighted by Gasteiger charge is -2.44. The molecule has 0 bridgehead atoms. The van der Waals surface area contributed by atoms with Crippen molar-refractivity contribution in [1.29, 1.82) is 0 Å². The summed E-state index contributed by atoms with van der Waals surface area (Å²) in [6.45, 7) is 3.32. The van der Waals surface area contributed by atoms with Crippen molar-refractivity contribution in [2.45, 2.75) is 32.2 Å². The standard InChI is InChI=1S/C17H20N2/c1-2-17-9-5-11-18-16(17)15-12-6-3-4-7-13(12)19-14(15)8-10-17/h3-7,9,16,18-19H,2,8,10-11H2,1H3/t16-,17+/m0/s1. The summed E-state index contributed by atoms with van der Waals surface area (Å²) in [6.07, 6.45) is 8.40. The largest absolute Gasteiger partial charge is 0.358 e. The van der Waals surface area contributed by atoms with Crippen molar-refractivity contribution in [3.63, 3.8) is 0 Å². The fourth-order valence-electron chi connectivity index (χ4n) is 4.00. The van der Waals surface area contributed by atoms with Gasteiger partial charge >= 0.3 is 0 Å². The van der Waals surface area contributed by atoms with Gasteiger partial charge in [-0.1, -0.05) is 37.3 Å².